The second-order valence-corrected chi connectivity index (χ2v) is 10.8. The fraction of sp³-hybridized carbons (Fsp3) is 0.286. The molecule has 0 radical (unpaired) electrons. The Hall–Kier alpha value is -4.25. The highest BCUT2D eigenvalue weighted by Crippen LogP contribution is 2.45. The highest BCUT2D eigenvalue weighted by atomic mass is 32.1. The van der Waals surface area contributed by atoms with E-state index in [1.54, 1.807) is 39.5 Å². The van der Waals surface area contributed by atoms with Gasteiger partial charge in [-0.1, -0.05) is 0 Å². The molecule has 0 spiro atoms. The van der Waals surface area contributed by atoms with Gasteiger partial charge in [-0.2, -0.15) is 0 Å². The summed E-state index contributed by atoms with van der Waals surface area (Å²) in [4.78, 5) is 34.5. The average Bonchev–Trinajstić information content (AvgIpc) is 3.50. The number of nitrogens with zero attached hydrogens (tertiary/aromatic N) is 5. The number of methoxy groups -OCH3 is 1. The smallest absolute Gasteiger partial charge is 0.310 e. The van der Waals surface area contributed by atoms with Crippen molar-refractivity contribution in [2.75, 3.05) is 13.7 Å². The molecule has 6 rings (SSSR count). The lowest BCUT2D eigenvalue weighted by Crippen LogP contribution is -2.37. The molecule has 198 valence electrons. The van der Waals surface area contributed by atoms with Gasteiger partial charge >= 0.3 is 5.97 Å². The van der Waals surface area contributed by atoms with Gasteiger partial charge in [-0.3, -0.25) is 4.79 Å². The van der Waals surface area contributed by atoms with E-state index in [9.17, 15) is 4.79 Å². The first-order chi connectivity index (χ1) is 18.7. The predicted octanol–water partition coefficient (Wildman–Crippen LogP) is 4.94. The van der Waals surface area contributed by atoms with Crippen molar-refractivity contribution in [3.05, 3.63) is 65.1 Å². The Kier molecular flexibility index (Phi) is 6.10. The van der Waals surface area contributed by atoms with Gasteiger partial charge in [0.1, 0.15) is 23.0 Å². The van der Waals surface area contributed by atoms with Crippen LogP contribution in [0.1, 0.15) is 29.4 Å². The van der Waals surface area contributed by atoms with Crippen LogP contribution in [-0.2, 0) is 22.4 Å². The van der Waals surface area contributed by atoms with E-state index in [0.717, 1.165) is 15.8 Å². The van der Waals surface area contributed by atoms with Gasteiger partial charge in [0.15, 0.2) is 11.6 Å². The fourth-order valence-electron chi connectivity index (χ4n) is 4.67. The molecule has 5 aromatic rings. The van der Waals surface area contributed by atoms with E-state index in [4.69, 9.17) is 19.2 Å². The average molecular weight is 546 g/mol. The molecule has 9 nitrogen and oxygen atoms in total. The Morgan fingerprint density at radius 3 is 2.67 bits per heavy atom. The second-order valence-electron chi connectivity index (χ2n) is 9.83. The molecule has 39 heavy (non-hydrogen) atoms. The van der Waals surface area contributed by atoms with Crippen LogP contribution in [0.3, 0.4) is 0 Å². The molecule has 0 aliphatic carbocycles. The largest absolute Gasteiger partial charge is 0.480 e. The maximum Gasteiger partial charge on any atom is 0.310 e. The summed E-state index contributed by atoms with van der Waals surface area (Å²) in [7, 11) is 1.55. The number of carbonyl (C=O) groups excluding carboxylic acids is 1. The van der Waals surface area contributed by atoms with Crippen LogP contribution in [-0.4, -0.2) is 50.2 Å². The minimum absolute atomic E-state index is 0.0280. The van der Waals surface area contributed by atoms with Crippen molar-refractivity contribution in [2.24, 2.45) is 0 Å². The van der Waals surface area contributed by atoms with Crippen LogP contribution in [0.2, 0.25) is 0 Å². The van der Waals surface area contributed by atoms with Gasteiger partial charge in [0.05, 0.1) is 41.0 Å². The summed E-state index contributed by atoms with van der Waals surface area (Å²) in [6, 6.07) is 5.32. The molecule has 0 unspecified atom stereocenters. The molecular weight excluding hydrogens is 521 g/mol. The summed E-state index contributed by atoms with van der Waals surface area (Å²) in [6.07, 6.45) is 5.17. The molecule has 4 heterocycles. The Morgan fingerprint density at radius 1 is 1.10 bits per heavy atom. The molecule has 11 heteroatoms. The van der Waals surface area contributed by atoms with Crippen LogP contribution < -0.4 is 9.47 Å². The highest BCUT2D eigenvalue weighted by molar-refractivity contribution is 7.22. The number of thiazole rings is 1. The number of aryl methyl sites for hydroxylation is 2. The lowest BCUT2D eigenvalue weighted by atomic mass is 10.00. The summed E-state index contributed by atoms with van der Waals surface area (Å²) < 4.78 is 32.8. The summed E-state index contributed by atoms with van der Waals surface area (Å²) in [5, 5.41) is 0.700. The number of halogens is 1. The van der Waals surface area contributed by atoms with Crippen LogP contribution in [0.25, 0.3) is 31.8 Å². The van der Waals surface area contributed by atoms with Gasteiger partial charge in [0.25, 0.3) is 0 Å². The number of hydrogen-bond donors (Lipinski definition) is 0. The first-order valence-corrected chi connectivity index (χ1v) is 13.1. The van der Waals surface area contributed by atoms with Crippen molar-refractivity contribution in [1.82, 2.24) is 24.9 Å². The van der Waals surface area contributed by atoms with Crippen molar-refractivity contribution < 1.29 is 23.4 Å². The SMILES string of the molecule is COc1cnc2c(-c3nc4cc(F)c5c(c4s3)C[C@](C)(COC(=O)Cc3cnc(C)nc3)O5)cc(C)cc2n1. The first-order valence-electron chi connectivity index (χ1n) is 12.3. The monoisotopic (exact) mass is 545 g/mol. The zero-order valence-corrected chi connectivity index (χ0v) is 22.6. The summed E-state index contributed by atoms with van der Waals surface area (Å²) >= 11 is 1.45. The molecule has 1 atom stereocenters. The van der Waals surface area contributed by atoms with Gasteiger partial charge in [-0.15, -0.1) is 11.3 Å². The van der Waals surface area contributed by atoms with E-state index in [0.29, 0.717) is 50.8 Å². The van der Waals surface area contributed by atoms with Gasteiger partial charge in [0.2, 0.25) is 5.88 Å². The summed E-state index contributed by atoms with van der Waals surface area (Å²) in [6.45, 7) is 5.52. The molecular formula is C28H24FN5O4S. The number of aromatic nitrogens is 5. The molecule has 0 bridgehead atoms. The minimum Gasteiger partial charge on any atom is -0.480 e. The third-order valence-corrected chi connectivity index (χ3v) is 7.68. The van der Waals surface area contributed by atoms with E-state index in [2.05, 4.69) is 19.9 Å². The summed E-state index contributed by atoms with van der Waals surface area (Å²) in [5.41, 5.74) is 4.16. The second kappa shape index (κ2) is 9.49. The van der Waals surface area contributed by atoms with Crippen molar-refractivity contribution in [1.29, 1.82) is 0 Å². The number of carbonyl (C=O) groups is 1. The molecule has 3 aromatic heterocycles. The normalized spacial score (nSPS) is 16.3. The molecule has 0 saturated heterocycles. The molecule has 2 aromatic carbocycles. The Bertz CT molecular complexity index is 1760. The number of ether oxygens (including phenoxy) is 3. The van der Waals surface area contributed by atoms with Gasteiger partial charge in [0, 0.05) is 36.0 Å². The number of fused-ring (bicyclic) bond motifs is 4. The topological polar surface area (TPSA) is 109 Å². The molecule has 0 saturated carbocycles. The van der Waals surface area contributed by atoms with Crippen molar-refractivity contribution in [3.8, 4) is 22.2 Å². The number of hydrogen-bond acceptors (Lipinski definition) is 10. The highest BCUT2D eigenvalue weighted by Gasteiger charge is 2.40. The van der Waals surface area contributed by atoms with Gasteiger partial charge in [-0.25, -0.2) is 29.3 Å². The van der Waals surface area contributed by atoms with Crippen LogP contribution in [0.4, 0.5) is 4.39 Å². The first kappa shape index (κ1) is 25.1. The maximum atomic E-state index is 15.2. The van der Waals surface area contributed by atoms with Crippen molar-refractivity contribution in [3.63, 3.8) is 0 Å². The molecule has 0 amide bonds. The third-order valence-electron chi connectivity index (χ3n) is 6.51. The van der Waals surface area contributed by atoms with Gasteiger partial charge < -0.3 is 14.2 Å². The minimum atomic E-state index is -0.918. The Labute approximate surface area is 227 Å². The number of esters is 1. The number of benzene rings is 2. The van der Waals surface area contributed by atoms with Gasteiger partial charge in [-0.05, 0) is 44.0 Å². The maximum absolute atomic E-state index is 15.2. The van der Waals surface area contributed by atoms with Crippen LogP contribution in [0, 0.1) is 19.7 Å². The summed E-state index contributed by atoms with van der Waals surface area (Å²) in [5.74, 6) is 0.285. The van der Waals surface area contributed by atoms with Crippen LogP contribution >= 0.6 is 11.3 Å². The molecule has 0 N–H and O–H groups in total. The fourth-order valence-corrected chi connectivity index (χ4v) is 5.77. The zero-order chi connectivity index (χ0) is 27.3. The van der Waals surface area contributed by atoms with Crippen molar-refractivity contribution in [2.45, 2.75) is 39.2 Å². The van der Waals surface area contributed by atoms with E-state index in [1.165, 1.54) is 17.4 Å². The Balaban J connectivity index is 1.28. The van der Waals surface area contributed by atoms with E-state index in [-0.39, 0.29) is 18.8 Å². The van der Waals surface area contributed by atoms with Crippen molar-refractivity contribution >= 4 is 38.6 Å². The molecule has 1 aliphatic rings. The van der Waals surface area contributed by atoms with E-state index >= 15 is 4.39 Å². The standard InChI is InChI=1S/C28H24FN5O4S/c1-14-5-17(24-20(6-14)33-22(36-4)12-32-24)27-34-21-8-19(29)25-18(26(21)39-27)9-28(3,38-25)13-37-23(35)7-16-10-30-15(2)31-11-16/h5-6,8,10-12H,7,9,13H2,1-4H3/t28-/m1/s1. The number of rotatable bonds is 6. The Morgan fingerprint density at radius 2 is 1.90 bits per heavy atom. The quantitative estimate of drug-likeness (QED) is 0.274. The van der Waals surface area contributed by atoms with E-state index in [1.807, 2.05) is 19.1 Å². The van der Waals surface area contributed by atoms with Crippen LogP contribution in [0.15, 0.2) is 36.8 Å². The zero-order valence-electron chi connectivity index (χ0n) is 21.7. The predicted molar refractivity (Wildman–Crippen MR) is 144 cm³/mol. The lowest BCUT2D eigenvalue weighted by molar-refractivity contribution is -0.147. The molecule has 0 fully saturated rings. The lowest BCUT2D eigenvalue weighted by Gasteiger charge is -2.23. The third kappa shape index (κ3) is 4.74. The van der Waals surface area contributed by atoms with E-state index < -0.39 is 17.4 Å². The molecule has 1 aliphatic heterocycles. The van der Waals surface area contributed by atoms with Crippen LogP contribution in [0.5, 0.6) is 11.6 Å².